The Kier molecular flexibility index (Phi) is 9.74. The summed E-state index contributed by atoms with van der Waals surface area (Å²) in [5.41, 5.74) is 1.91. The molecule has 1 amide bonds. The Morgan fingerprint density at radius 1 is 1.14 bits per heavy atom. The third-order valence-corrected chi connectivity index (χ3v) is 7.58. The van der Waals surface area contributed by atoms with E-state index in [-0.39, 0.29) is 24.9 Å². The summed E-state index contributed by atoms with van der Waals surface area (Å²) in [5, 5.41) is 2.52. The van der Waals surface area contributed by atoms with Crippen molar-refractivity contribution in [2.45, 2.75) is 31.7 Å². The van der Waals surface area contributed by atoms with Crippen LogP contribution in [0, 0.1) is 0 Å². The van der Waals surface area contributed by atoms with Crippen LogP contribution in [0.4, 0.5) is 4.79 Å². The number of alkyl carbamates (subject to hydrolysis) is 1. The molecule has 0 aliphatic heterocycles. The zero-order chi connectivity index (χ0) is 21.1. The van der Waals surface area contributed by atoms with Gasteiger partial charge in [0.1, 0.15) is 18.1 Å². The maximum Gasteiger partial charge on any atom is 0.408 e. The Balaban J connectivity index is 1.91. The molecule has 2 aromatic carbocycles. The second-order valence-electron chi connectivity index (χ2n) is 6.86. The lowest BCUT2D eigenvalue weighted by Crippen LogP contribution is -2.37. The highest BCUT2D eigenvalue weighted by atomic mass is 32.2. The Morgan fingerprint density at radius 2 is 1.72 bits per heavy atom. The summed E-state index contributed by atoms with van der Waals surface area (Å²) in [5.74, 6) is -0.752. The van der Waals surface area contributed by atoms with Crippen LogP contribution in [0.5, 0.6) is 0 Å². The zero-order valence-electron chi connectivity index (χ0n) is 16.5. The van der Waals surface area contributed by atoms with Gasteiger partial charge in [-0.2, -0.15) is 0 Å². The first-order valence-electron chi connectivity index (χ1n) is 9.49. The van der Waals surface area contributed by atoms with E-state index in [1.807, 2.05) is 60.7 Å². The molecule has 8 heteroatoms. The summed E-state index contributed by atoms with van der Waals surface area (Å²) in [7, 11) is -3.69. The standard InChI is InChI=1S/C21H28NO5PS/c1-29(26)16-14-20(22-21(23)27-17-19-11-6-3-7-12-19)28(24,25)15-8-13-18-9-4-2-5-10-18/h2-7,9-12,20H,8,13-17H2,1H3,(H,22,23)(H,24,25). The van der Waals surface area contributed by atoms with Crippen molar-refractivity contribution in [2.75, 3.05) is 18.2 Å². The number of ether oxygens (including phenoxy) is 1. The van der Waals surface area contributed by atoms with E-state index in [0.717, 1.165) is 11.1 Å². The van der Waals surface area contributed by atoms with E-state index in [2.05, 4.69) is 5.32 Å². The topological polar surface area (TPSA) is 98.7 Å². The second kappa shape index (κ2) is 12.0. The van der Waals surface area contributed by atoms with Gasteiger partial charge in [0.2, 0.25) is 7.37 Å². The number of amides is 1. The van der Waals surface area contributed by atoms with Gasteiger partial charge in [0.25, 0.3) is 0 Å². The molecule has 3 unspecified atom stereocenters. The molecular weight excluding hydrogens is 409 g/mol. The molecule has 2 N–H and O–H groups in total. The molecule has 3 atom stereocenters. The van der Waals surface area contributed by atoms with E-state index < -0.39 is 30.4 Å². The van der Waals surface area contributed by atoms with Crippen LogP contribution in [0.1, 0.15) is 24.0 Å². The van der Waals surface area contributed by atoms with E-state index in [4.69, 9.17) is 4.74 Å². The number of hydrogen-bond acceptors (Lipinski definition) is 4. The molecule has 6 nitrogen and oxygen atoms in total. The predicted molar refractivity (Wildman–Crippen MR) is 117 cm³/mol. The summed E-state index contributed by atoms with van der Waals surface area (Å²) in [4.78, 5) is 22.8. The normalized spacial score (nSPS) is 15.1. The molecule has 29 heavy (non-hydrogen) atoms. The van der Waals surface area contributed by atoms with Crippen molar-refractivity contribution in [3.8, 4) is 0 Å². The molecule has 0 heterocycles. The average molecular weight is 437 g/mol. The van der Waals surface area contributed by atoms with E-state index in [0.29, 0.717) is 12.8 Å². The van der Waals surface area contributed by atoms with Gasteiger partial charge >= 0.3 is 6.09 Å². The zero-order valence-corrected chi connectivity index (χ0v) is 18.2. The lowest BCUT2D eigenvalue weighted by Gasteiger charge is -2.24. The number of nitrogens with one attached hydrogen (secondary N) is 1. The molecule has 0 bridgehead atoms. The van der Waals surface area contributed by atoms with E-state index in [9.17, 15) is 18.8 Å². The number of carbonyl (C=O) groups is 1. The van der Waals surface area contributed by atoms with Crippen molar-refractivity contribution in [2.24, 2.45) is 0 Å². The minimum Gasteiger partial charge on any atom is -0.617 e. The maximum atomic E-state index is 12.9. The Bertz CT molecular complexity index is 788. The van der Waals surface area contributed by atoms with Crippen molar-refractivity contribution >= 4 is 24.6 Å². The first kappa shape index (κ1) is 23.5. The molecular formula is C21H28NO5PS. The number of carbonyl (C=O) groups excluding carboxylic acids is 1. The fourth-order valence-corrected chi connectivity index (χ4v) is 5.37. The van der Waals surface area contributed by atoms with Crippen molar-refractivity contribution in [1.82, 2.24) is 5.32 Å². The van der Waals surface area contributed by atoms with Crippen LogP contribution in [0.15, 0.2) is 60.7 Å². The van der Waals surface area contributed by atoms with E-state index in [1.54, 1.807) is 0 Å². The minimum atomic E-state index is -3.69. The predicted octanol–water partition coefficient (Wildman–Crippen LogP) is 3.91. The van der Waals surface area contributed by atoms with Gasteiger partial charge in [0.05, 0.1) is 6.26 Å². The number of rotatable bonds is 11. The maximum absolute atomic E-state index is 12.9. The molecule has 0 spiro atoms. The molecule has 0 aromatic heterocycles. The summed E-state index contributed by atoms with van der Waals surface area (Å²) in [6.45, 7) is 0.0723. The molecule has 0 saturated carbocycles. The minimum absolute atomic E-state index is 0.0713. The molecule has 0 radical (unpaired) electrons. The molecule has 0 fully saturated rings. The quantitative estimate of drug-likeness (QED) is 0.410. The van der Waals surface area contributed by atoms with Gasteiger partial charge < -0.3 is 19.5 Å². The lowest BCUT2D eigenvalue weighted by molar-refractivity contribution is 0.137. The average Bonchev–Trinajstić information content (AvgIpc) is 2.70. The highest BCUT2D eigenvalue weighted by Gasteiger charge is 2.33. The Hall–Kier alpha value is -1.79. The van der Waals surface area contributed by atoms with Crippen molar-refractivity contribution in [3.05, 3.63) is 71.8 Å². The van der Waals surface area contributed by atoms with Crippen LogP contribution in [-0.2, 0) is 33.5 Å². The van der Waals surface area contributed by atoms with E-state index >= 15 is 0 Å². The van der Waals surface area contributed by atoms with E-state index in [1.165, 1.54) is 6.26 Å². The van der Waals surface area contributed by atoms with Gasteiger partial charge in [-0.15, -0.1) is 0 Å². The molecule has 158 valence electrons. The summed E-state index contributed by atoms with van der Waals surface area (Å²) in [6, 6.07) is 18.9. The fourth-order valence-electron chi connectivity index (χ4n) is 2.86. The van der Waals surface area contributed by atoms with Crippen LogP contribution >= 0.6 is 7.37 Å². The smallest absolute Gasteiger partial charge is 0.408 e. The third-order valence-electron chi connectivity index (χ3n) is 4.45. The van der Waals surface area contributed by atoms with Gasteiger partial charge in [-0.3, -0.25) is 4.57 Å². The number of hydrogen-bond donors (Lipinski definition) is 2. The first-order chi connectivity index (χ1) is 13.9. The molecule has 2 aromatic rings. The van der Waals surface area contributed by atoms with Crippen LogP contribution < -0.4 is 5.32 Å². The summed E-state index contributed by atoms with van der Waals surface area (Å²) in [6.07, 6.45) is 2.20. The van der Waals surface area contributed by atoms with Gasteiger partial charge in [-0.25, -0.2) is 4.79 Å². The van der Waals surface area contributed by atoms with Gasteiger partial charge in [0.15, 0.2) is 0 Å². The molecule has 0 aliphatic carbocycles. The lowest BCUT2D eigenvalue weighted by atomic mass is 10.1. The van der Waals surface area contributed by atoms with Gasteiger partial charge in [-0.1, -0.05) is 71.8 Å². The summed E-state index contributed by atoms with van der Waals surface area (Å²) >= 11 is -1.13. The van der Waals surface area contributed by atoms with Crippen LogP contribution in [0.2, 0.25) is 0 Å². The monoisotopic (exact) mass is 437 g/mol. The highest BCUT2D eigenvalue weighted by Crippen LogP contribution is 2.47. The number of benzene rings is 2. The fraction of sp³-hybridized carbons (Fsp3) is 0.381. The summed E-state index contributed by atoms with van der Waals surface area (Å²) < 4.78 is 29.6. The van der Waals surface area contributed by atoms with Crippen molar-refractivity contribution in [1.29, 1.82) is 0 Å². The highest BCUT2D eigenvalue weighted by molar-refractivity contribution is 7.90. The SMILES string of the molecule is C[S+]([O-])CCC(NC(=O)OCc1ccccc1)P(=O)(O)CCCc1ccccc1. The molecule has 0 saturated heterocycles. The molecule has 0 aliphatic rings. The van der Waals surface area contributed by atoms with Crippen molar-refractivity contribution in [3.63, 3.8) is 0 Å². The first-order valence-corrected chi connectivity index (χ1v) is 13.1. The number of aryl methyl sites for hydroxylation is 1. The van der Waals surface area contributed by atoms with Crippen LogP contribution in [0.3, 0.4) is 0 Å². The second-order valence-corrected chi connectivity index (χ2v) is 11.0. The largest absolute Gasteiger partial charge is 0.617 e. The molecule has 2 rings (SSSR count). The van der Waals surface area contributed by atoms with Crippen LogP contribution in [-0.4, -0.2) is 39.5 Å². The Labute approximate surface area is 175 Å². The van der Waals surface area contributed by atoms with Gasteiger partial charge in [0, 0.05) is 12.6 Å². The Morgan fingerprint density at radius 3 is 2.31 bits per heavy atom. The van der Waals surface area contributed by atoms with Gasteiger partial charge in [-0.05, 0) is 24.0 Å². The third kappa shape index (κ3) is 9.05. The van der Waals surface area contributed by atoms with Crippen molar-refractivity contribution < 1.29 is 23.5 Å². The van der Waals surface area contributed by atoms with Crippen LogP contribution in [0.25, 0.3) is 0 Å².